The third kappa shape index (κ3) is 5.36. The fraction of sp³-hybridized carbons (Fsp3) is 0.294. The van der Waals surface area contributed by atoms with Gasteiger partial charge in [0.15, 0.2) is 5.16 Å². The molecule has 0 saturated carbocycles. The number of thioether (sulfide) groups is 1. The normalized spacial score (nSPS) is 10.6. The lowest BCUT2D eigenvalue weighted by Gasteiger charge is -2.05. The Labute approximate surface area is 170 Å². The van der Waals surface area contributed by atoms with Gasteiger partial charge in [-0.1, -0.05) is 48.2 Å². The minimum absolute atomic E-state index is 0.0930. The number of hydrogen-bond donors (Lipinski definition) is 2. The zero-order chi connectivity index (χ0) is 19.9. The summed E-state index contributed by atoms with van der Waals surface area (Å²) in [6.07, 6.45) is 0.873. The first-order chi connectivity index (χ1) is 13.5. The van der Waals surface area contributed by atoms with Crippen LogP contribution in [0.3, 0.4) is 0 Å². The number of aryl methyl sites for hydroxylation is 1. The van der Waals surface area contributed by atoms with E-state index in [1.807, 2.05) is 37.3 Å². The third-order valence-corrected chi connectivity index (χ3v) is 5.65. The van der Waals surface area contributed by atoms with Crippen LogP contribution in [0, 0.1) is 0 Å². The van der Waals surface area contributed by atoms with E-state index in [1.54, 1.807) is 11.6 Å². The second kappa shape index (κ2) is 9.42. The smallest absolute Gasteiger partial charge is 0.236 e. The van der Waals surface area contributed by atoms with E-state index in [0.717, 1.165) is 17.1 Å². The third-order valence-electron chi connectivity index (χ3n) is 3.65. The largest absolute Gasteiger partial charge is 0.326 e. The van der Waals surface area contributed by atoms with Gasteiger partial charge in [-0.3, -0.25) is 14.9 Å². The first-order valence-corrected chi connectivity index (χ1v) is 10.3. The van der Waals surface area contributed by atoms with Gasteiger partial charge in [-0.25, -0.2) is 0 Å². The molecule has 28 heavy (non-hydrogen) atoms. The Morgan fingerprint density at radius 1 is 1.07 bits per heavy atom. The number of amides is 2. The van der Waals surface area contributed by atoms with Gasteiger partial charge in [0.05, 0.1) is 12.2 Å². The molecule has 2 amide bonds. The van der Waals surface area contributed by atoms with Gasteiger partial charge in [0, 0.05) is 12.7 Å². The summed E-state index contributed by atoms with van der Waals surface area (Å²) in [4.78, 5) is 24.2. The average molecular weight is 418 g/mol. The van der Waals surface area contributed by atoms with Gasteiger partial charge in [-0.2, -0.15) is 0 Å². The SMILES string of the molecule is CCc1nnc(NC(=O)CSc2nnc(CC(=O)Nc3ccccc3)n2C)s1. The summed E-state index contributed by atoms with van der Waals surface area (Å²) in [6, 6.07) is 9.21. The zero-order valence-electron chi connectivity index (χ0n) is 15.4. The second-order valence-electron chi connectivity index (χ2n) is 5.74. The minimum Gasteiger partial charge on any atom is -0.326 e. The number of rotatable bonds is 8. The minimum atomic E-state index is -0.199. The van der Waals surface area contributed by atoms with Crippen molar-refractivity contribution in [1.29, 1.82) is 0 Å². The van der Waals surface area contributed by atoms with Crippen LogP contribution in [0.25, 0.3) is 0 Å². The topological polar surface area (TPSA) is 115 Å². The molecule has 11 heteroatoms. The van der Waals surface area contributed by atoms with E-state index in [1.165, 1.54) is 23.1 Å². The van der Waals surface area contributed by atoms with Crippen molar-refractivity contribution >= 4 is 45.7 Å². The molecule has 2 N–H and O–H groups in total. The molecule has 9 nitrogen and oxygen atoms in total. The molecule has 0 saturated heterocycles. The first kappa shape index (κ1) is 20.0. The van der Waals surface area contributed by atoms with Gasteiger partial charge >= 0.3 is 0 Å². The van der Waals surface area contributed by atoms with Gasteiger partial charge in [-0.05, 0) is 18.6 Å². The maximum Gasteiger partial charge on any atom is 0.236 e. The number of carbonyl (C=O) groups is 2. The van der Waals surface area contributed by atoms with Crippen LogP contribution in [0.4, 0.5) is 10.8 Å². The number of para-hydroxylation sites is 1. The van der Waals surface area contributed by atoms with Crippen molar-refractivity contribution in [3.8, 4) is 0 Å². The molecular formula is C17H19N7O2S2. The number of carbonyl (C=O) groups excluding carboxylic acids is 2. The number of benzene rings is 1. The van der Waals surface area contributed by atoms with Crippen LogP contribution in [-0.4, -0.2) is 42.5 Å². The van der Waals surface area contributed by atoms with E-state index in [0.29, 0.717) is 16.1 Å². The molecular weight excluding hydrogens is 398 g/mol. The molecule has 0 aliphatic rings. The van der Waals surface area contributed by atoms with Crippen molar-refractivity contribution in [2.45, 2.75) is 24.9 Å². The van der Waals surface area contributed by atoms with Gasteiger partial charge in [-0.15, -0.1) is 20.4 Å². The molecule has 0 unspecified atom stereocenters. The van der Waals surface area contributed by atoms with Crippen LogP contribution in [-0.2, 0) is 29.5 Å². The molecule has 0 atom stereocenters. The molecule has 0 spiro atoms. The summed E-state index contributed by atoms with van der Waals surface area (Å²) in [6.45, 7) is 1.98. The molecule has 1 aromatic carbocycles. The summed E-state index contributed by atoms with van der Waals surface area (Å²) in [5.74, 6) is 0.297. The number of nitrogens with one attached hydrogen (secondary N) is 2. The van der Waals surface area contributed by atoms with Crippen LogP contribution >= 0.6 is 23.1 Å². The molecule has 0 bridgehead atoms. The fourth-order valence-corrected chi connectivity index (χ4v) is 3.65. The standard InChI is InChI=1S/C17H19N7O2S2/c1-3-15-21-22-16(28-15)19-14(26)10-27-17-23-20-12(24(17)2)9-13(25)18-11-7-5-4-6-8-11/h4-8H,3,9-10H2,1-2H3,(H,18,25)(H,19,22,26). The Morgan fingerprint density at radius 3 is 2.57 bits per heavy atom. The number of nitrogens with zero attached hydrogens (tertiary/aromatic N) is 5. The molecule has 0 aliphatic heterocycles. The Hall–Kier alpha value is -2.79. The molecule has 2 heterocycles. The van der Waals surface area contributed by atoms with E-state index >= 15 is 0 Å². The number of hydrogen-bond acceptors (Lipinski definition) is 8. The van der Waals surface area contributed by atoms with E-state index < -0.39 is 0 Å². The number of anilines is 2. The van der Waals surface area contributed by atoms with Crippen molar-refractivity contribution < 1.29 is 9.59 Å². The monoisotopic (exact) mass is 417 g/mol. The second-order valence-corrected chi connectivity index (χ2v) is 7.74. The van der Waals surface area contributed by atoms with Crippen molar-refractivity contribution in [2.24, 2.45) is 7.05 Å². The van der Waals surface area contributed by atoms with Crippen LogP contribution in [0.15, 0.2) is 35.5 Å². The average Bonchev–Trinajstić information content (AvgIpc) is 3.28. The molecule has 0 aliphatic carbocycles. The van der Waals surface area contributed by atoms with E-state index in [-0.39, 0.29) is 24.0 Å². The highest BCUT2D eigenvalue weighted by Gasteiger charge is 2.15. The quantitative estimate of drug-likeness (QED) is 0.540. The lowest BCUT2D eigenvalue weighted by molar-refractivity contribution is -0.116. The van der Waals surface area contributed by atoms with Gasteiger partial charge in [0.1, 0.15) is 10.8 Å². The maximum absolute atomic E-state index is 12.2. The fourth-order valence-electron chi connectivity index (χ4n) is 2.23. The summed E-state index contributed by atoms with van der Waals surface area (Å²) in [7, 11) is 1.77. The van der Waals surface area contributed by atoms with Crippen LogP contribution < -0.4 is 10.6 Å². The van der Waals surface area contributed by atoms with Crippen molar-refractivity contribution in [3.63, 3.8) is 0 Å². The lowest BCUT2D eigenvalue weighted by Crippen LogP contribution is -2.17. The van der Waals surface area contributed by atoms with Gasteiger partial charge in [0.25, 0.3) is 0 Å². The predicted molar refractivity (Wildman–Crippen MR) is 108 cm³/mol. The Morgan fingerprint density at radius 2 is 1.86 bits per heavy atom. The van der Waals surface area contributed by atoms with Crippen LogP contribution in [0.5, 0.6) is 0 Å². The highest BCUT2D eigenvalue weighted by Crippen LogP contribution is 2.19. The highest BCUT2D eigenvalue weighted by atomic mass is 32.2. The Kier molecular flexibility index (Phi) is 6.71. The van der Waals surface area contributed by atoms with Crippen LogP contribution in [0.2, 0.25) is 0 Å². The summed E-state index contributed by atoms with van der Waals surface area (Å²) >= 11 is 2.60. The first-order valence-electron chi connectivity index (χ1n) is 8.53. The van der Waals surface area contributed by atoms with Gasteiger partial charge < -0.3 is 9.88 Å². The van der Waals surface area contributed by atoms with Crippen molar-refractivity contribution in [2.75, 3.05) is 16.4 Å². The van der Waals surface area contributed by atoms with Crippen molar-refractivity contribution in [3.05, 3.63) is 41.2 Å². The summed E-state index contributed by atoms with van der Waals surface area (Å²) in [5.41, 5.74) is 0.726. The van der Waals surface area contributed by atoms with Crippen molar-refractivity contribution in [1.82, 2.24) is 25.0 Å². The van der Waals surface area contributed by atoms with Gasteiger partial charge in [0.2, 0.25) is 16.9 Å². The molecule has 2 aromatic heterocycles. The molecule has 146 valence electrons. The summed E-state index contributed by atoms with van der Waals surface area (Å²) < 4.78 is 1.71. The van der Waals surface area contributed by atoms with E-state index in [2.05, 4.69) is 31.0 Å². The highest BCUT2D eigenvalue weighted by molar-refractivity contribution is 7.99. The molecule has 0 radical (unpaired) electrons. The summed E-state index contributed by atoms with van der Waals surface area (Å²) in [5, 5.41) is 23.4. The zero-order valence-corrected chi connectivity index (χ0v) is 17.0. The molecule has 3 rings (SSSR count). The molecule has 0 fully saturated rings. The van der Waals surface area contributed by atoms with E-state index in [4.69, 9.17) is 0 Å². The molecule has 3 aromatic rings. The van der Waals surface area contributed by atoms with Crippen LogP contribution in [0.1, 0.15) is 17.8 Å². The Balaban J connectivity index is 1.51. The predicted octanol–water partition coefficient (Wildman–Crippen LogP) is 2.14. The van der Waals surface area contributed by atoms with E-state index in [9.17, 15) is 9.59 Å². The Bertz CT molecular complexity index is 956. The lowest BCUT2D eigenvalue weighted by atomic mass is 10.3. The maximum atomic E-state index is 12.2. The number of aromatic nitrogens is 5.